The van der Waals surface area contributed by atoms with Gasteiger partial charge < -0.3 is 5.11 Å². The molecule has 32 heavy (non-hydrogen) atoms. The van der Waals surface area contributed by atoms with Gasteiger partial charge in [0.1, 0.15) is 5.78 Å². The van der Waals surface area contributed by atoms with E-state index in [1.807, 2.05) is 6.08 Å². The molecule has 1 N–H and O–H groups in total. The van der Waals surface area contributed by atoms with Gasteiger partial charge in [-0.3, -0.25) is 4.79 Å². The lowest BCUT2D eigenvalue weighted by molar-refractivity contribution is -0.141. The van der Waals surface area contributed by atoms with Crippen molar-refractivity contribution in [3.63, 3.8) is 0 Å². The van der Waals surface area contributed by atoms with Crippen molar-refractivity contribution in [2.45, 2.75) is 99.3 Å². The van der Waals surface area contributed by atoms with E-state index in [4.69, 9.17) is 5.11 Å². The molecule has 178 valence electrons. The molecule has 3 saturated carbocycles. The first-order chi connectivity index (χ1) is 14.9. The van der Waals surface area contributed by atoms with Gasteiger partial charge in [0.05, 0.1) is 0 Å². The van der Waals surface area contributed by atoms with Crippen LogP contribution < -0.4 is 0 Å². The summed E-state index contributed by atoms with van der Waals surface area (Å²) in [4.78, 5) is 23.8. The summed E-state index contributed by atoms with van der Waals surface area (Å²) < 4.78 is 0. The van der Waals surface area contributed by atoms with Gasteiger partial charge in [-0.2, -0.15) is 0 Å². The summed E-state index contributed by atoms with van der Waals surface area (Å²) in [6.07, 6.45) is 14.7. The van der Waals surface area contributed by atoms with Gasteiger partial charge in [0.15, 0.2) is 0 Å². The number of carboxylic acids is 1. The van der Waals surface area contributed by atoms with Crippen LogP contribution in [-0.4, -0.2) is 16.9 Å². The van der Waals surface area contributed by atoms with Crippen LogP contribution in [0.25, 0.3) is 0 Å². The second-order valence-electron chi connectivity index (χ2n) is 12.8. The van der Waals surface area contributed by atoms with Crippen molar-refractivity contribution in [2.75, 3.05) is 0 Å². The number of carbonyl (C=O) groups is 2. The van der Waals surface area contributed by atoms with Gasteiger partial charge in [-0.25, -0.2) is 4.79 Å². The van der Waals surface area contributed by atoms with E-state index in [1.54, 1.807) is 12.5 Å². The number of carboxylic acid groups (broad SMARTS) is 1. The number of ketones is 1. The van der Waals surface area contributed by atoms with Crippen molar-refractivity contribution in [3.05, 3.63) is 23.3 Å². The zero-order valence-electron chi connectivity index (χ0n) is 21.2. The summed E-state index contributed by atoms with van der Waals surface area (Å²) in [6.45, 7) is 13.5. The van der Waals surface area contributed by atoms with Gasteiger partial charge in [-0.05, 0) is 98.7 Å². The lowest BCUT2D eigenvalue weighted by atomic mass is 9.46. The van der Waals surface area contributed by atoms with Crippen LogP contribution >= 0.6 is 0 Å². The van der Waals surface area contributed by atoms with Crippen LogP contribution in [0.1, 0.15) is 99.3 Å². The first kappa shape index (κ1) is 23.8. The number of hydrogen-bond acceptors (Lipinski definition) is 2. The number of rotatable bonds is 5. The molecule has 0 heterocycles. The van der Waals surface area contributed by atoms with E-state index in [2.05, 4.69) is 40.7 Å². The largest absolute Gasteiger partial charge is 0.478 e. The SMILES string of the molecule is CC(=CCCC(C)C1CCC2(C)C(C=C3C2CCC2C(C)(C)C(=O)CCC32C)C1)C(=O)O. The molecule has 4 rings (SSSR count). The fourth-order valence-electron chi connectivity index (χ4n) is 8.47. The van der Waals surface area contributed by atoms with Crippen LogP contribution in [0.5, 0.6) is 0 Å². The van der Waals surface area contributed by atoms with Gasteiger partial charge in [0, 0.05) is 17.4 Å². The molecule has 0 aromatic rings. The predicted octanol–water partition coefficient (Wildman–Crippen LogP) is 7.22. The lowest BCUT2D eigenvalue weighted by Gasteiger charge is -2.57. The number of allylic oxidation sites excluding steroid dienone is 3. The predicted molar refractivity (Wildman–Crippen MR) is 129 cm³/mol. The Morgan fingerprint density at radius 3 is 2.59 bits per heavy atom. The normalized spacial score (nSPS) is 41.9. The van der Waals surface area contributed by atoms with Crippen LogP contribution in [-0.2, 0) is 9.59 Å². The first-order valence-electron chi connectivity index (χ1n) is 13.1. The van der Waals surface area contributed by atoms with Crippen molar-refractivity contribution in [1.29, 1.82) is 0 Å². The van der Waals surface area contributed by atoms with E-state index in [0.717, 1.165) is 31.6 Å². The van der Waals surface area contributed by atoms with Crippen molar-refractivity contribution in [2.24, 2.45) is 45.8 Å². The van der Waals surface area contributed by atoms with Crippen LogP contribution in [0.3, 0.4) is 0 Å². The molecule has 0 bridgehead atoms. The average molecular weight is 441 g/mol. The van der Waals surface area contributed by atoms with Gasteiger partial charge in [0.25, 0.3) is 0 Å². The molecule has 3 heteroatoms. The van der Waals surface area contributed by atoms with E-state index < -0.39 is 5.97 Å². The van der Waals surface area contributed by atoms with Crippen molar-refractivity contribution >= 4 is 11.8 Å². The van der Waals surface area contributed by atoms with Crippen LogP contribution in [0.4, 0.5) is 0 Å². The summed E-state index contributed by atoms with van der Waals surface area (Å²) in [7, 11) is 0. The molecule has 0 aliphatic heterocycles. The molecule has 4 aliphatic carbocycles. The van der Waals surface area contributed by atoms with Crippen molar-refractivity contribution in [1.82, 2.24) is 0 Å². The molecule has 3 nitrogen and oxygen atoms in total. The van der Waals surface area contributed by atoms with Gasteiger partial charge in [-0.1, -0.05) is 52.3 Å². The average Bonchev–Trinajstić information content (AvgIpc) is 3.04. The summed E-state index contributed by atoms with van der Waals surface area (Å²) in [5.74, 6) is 2.89. The monoisotopic (exact) mass is 440 g/mol. The molecular formula is C29H44O3. The smallest absolute Gasteiger partial charge is 0.330 e. The third kappa shape index (κ3) is 3.62. The topological polar surface area (TPSA) is 54.4 Å². The Morgan fingerprint density at radius 2 is 1.91 bits per heavy atom. The molecule has 3 fully saturated rings. The minimum atomic E-state index is -0.800. The summed E-state index contributed by atoms with van der Waals surface area (Å²) >= 11 is 0. The molecule has 0 aromatic carbocycles. The Balaban J connectivity index is 1.50. The third-order valence-electron chi connectivity index (χ3n) is 10.9. The maximum Gasteiger partial charge on any atom is 0.330 e. The first-order valence-corrected chi connectivity index (χ1v) is 13.1. The quantitative estimate of drug-likeness (QED) is 0.363. The summed E-state index contributed by atoms with van der Waals surface area (Å²) in [5, 5.41) is 9.09. The van der Waals surface area contributed by atoms with E-state index in [-0.39, 0.29) is 10.8 Å². The number of aliphatic carboxylic acids is 1. The number of carbonyl (C=O) groups excluding carboxylic acids is 1. The third-order valence-corrected chi connectivity index (χ3v) is 10.9. The highest BCUT2D eigenvalue weighted by molar-refractivity contribution is 5.86. The van der Waals surface area contributed by atoms with Gasteiger partial charge in [0.2, 0.25) is 0 Å². The van der Waals surface area contributed by atoms with E-state index in [9.17, 15) is 9.59 Å². The number of Topliss-reactive ketones (excluding diaryl/α,β-unsaturated/α-hetero) is 1. The molecule has 0 saturated heterocycles. The zero-order valence-corrected chi connectivity index (χ0v) is 21.2. The molecule has 0 spiro atoms. The summed E-state index contributed by atoms with van der Waals surface area (Å²) in [6, 6.07) is 0. The van der Waals surface area contributed by atoms with Gasteiger partial charge in [-0.15, -0.1) is 0 Å². The maximum absolute atomic E-state index is 12.7. The minimum absolute atomic E-state index is 0.188. The Kier molecular flexibility index (Phi) is 6.04. The highest BCUT2D eigenvalue weighted by atomic mass is 16.4. The Morgan fingerprint density at radius 1 is 1.19 bits per heavy atom. The Bertz CT molecular complexity index is 848. The molecule has 7 atom stereocenters. The Hall–Kier alpha value is -1.38. The van der Waals surface area contributed by atoms with Crippen molar-refractivity contribution < 1.29 is 14.7 Å². The maximum atomic E-state index is 12.7. The second kappa shape index (κ2) is 8.13. The van der Waals surface area contributed by atoms with Crippen molar-refractivity contribution in [3.8, 4) is 0 Å². The highest BCUT2D eigenvalue weighted by Crippen LogP contribution is 2.68. The number of fused-ring (bicyclic) bond motifs is 5. The number of hydrogen-bond donors (Lipinski definition) is 1. The highest BCUT2D eigenvalue weighted by Gasteiger charge is 2.61. The molecule has 7 unspecified atom stereocenters. The standard InChI is InChI=1S/C29H44O3/c1-18(8-7-9-19(2)26(31)32)20-12-14-28(5)21(16-20)17-23-22(28)10-11-24-27(3,4)25(30)13-15-29(23,24)6/h9,17-18,20-22,24H,7-8,10-16H2,1-6H3,(H,31,32). The van der Waals surface area contributed by atoms with Gasteiger partial charge >= 0.3 is 5.97 Å². The fraction of sp³-hybridized carbons (Fsp3) is 0.793. The van der Waals surface area contributed by atoms with Crippen LogP contribution in [0.2, 0.25) is 0 Å². The van der Waals surface area contributed by atoms with Crippen LogP contribution in [0, 0.1) is 45.8 Å². The van der Waals surface area contributed by atoms with E-state index in [1.165, 1.54) is 32.1 Å². The van der Waals surface area contributed by atoms with E-state index in [0.29, 0.717) is 40.4 Å². The van der Waals surface area contributed by atoms with Crippen LogP contribution in [0.15, 0.2) is 23.3 Å². The molecule has 0 amide bonds. The lowest BCUT2D eigenvalue weighted by Crippen LogP contribution is -2.52. The fourth-order valence-corrected chi connectivity index (χ4v) is 8.47. The van der Waals surface area contributed by atoms with E-state index >= 15 is 0 Å². The minimum Gasteiger partial charge on any atom is -0.478 e. The summed E-state index contributed by atoms with van der Waals surface area (Å²) in [5.41, 5.74) is 2.59. The second-order valence-corrected chi connectivity index (χ2v) is 12.8. The zero-order chi connectivity index (χ0) is 23.5. The molecule has 0 aromatic heterocycles. The molecule has 4 aliphatic rings. The molecular weight excluding hydrogens is 396 g/mol. The molecule has 0 radical (unpaired) electrons. The Labute approximate surface area is 195 Å².